The first kappa shape index (κ1) is 17.8. The molecule has 1 saturated heterocycles. The minimum atomic E-state index is 0.0242. The lowest BCUT2D eigenvalue weighted by Crippen LogP contribution is -2.43. The number of hydrogen-bond acceptors (Lipinski definition) is 4. The Bertz CT molecular complexity index is 880. The molecule has 0 aliphatic carbocycles. The summed E-state index contributed by atoms with van der Waals surface area (Å²) in [5.41, 5.74) is 1.05. The number of carbonyl (C=O) groups is 1. The summed E-state index contributed by atoms with van der Waals surface area (Å²) >= 11 is 0. The van der Waals surface area contributed by atoms with Crippen LogP contribution in [0.1, 0.15) is 17.4 Å². The van der Waals surface area contributed by atoms with Gasteiger partial charge in [-0.15, -0.1) is 0 Å². The number of amides is 1. The van der Waals surface area contributed by atoms with Gasteiger partial charge in [0.25, 0.3) is 0 Å². The van der Waals surface area contributed by atoms with Crippen molar-refractivity contribution >= 4 is 16.7 Å². The number of hydrogen-bond donors (Lipinski definition) is 1. The number of ether oxygens (including phenoxy) is 1. The number of benzene rings is 2. The Labute approximate surface area is 158 Å². The van der Waals surface area contributed by atoms with E-state index in [1.807, 2.05) is 36.4 Å². The molecule has 5 nitrogen and oxygen atoms in total. The molecule has 1 fully saturated rings. The lowest BCUT2D eigenvalue weighted by molar-refractivity contribution is -0.120. The summed E-state index contributed by atoms with van der Waals surface area (Å²) < 4.78 is 11.1. The van der Waals surface area contributed by atoms with Crippen molar-refractivity contribution in [2.24, 2.45) is 0 Å². The monoisotopic (exact) mass is 364 g/mol. The molecule has 1 atom stereocenters. The fraction of sp³-hybridized carbons (Fsp3) is 0.318. The Morgan fingerprint density at radius 2 is 1.85 bits per heavy atom. The van der Waals surface area contributed by atoms with Crippen molar-refractivity contribution in [3.63, 3.8) is 0 Å². The Morgan fingerprint density at radius 3 is 2.67 bits per heavy atom. The Kier molecular flexibility index (Phi) is 5.51. The SMILES string of the molecule is O=C(Cc1cccc2ccccc12)NC[C@H](c1ccco1)N1CCOCC1. The molecule has 2 aromatic carbocycles. The minimum absolute atomic E-state index is 0.0242. The van der Waals surface area contributed by atoms with Gasteiger partial charge in [-0.2, -0.15) is 0 Å². The molecule has 1 aromatic heterocycles. The molecule has 1 aliphatic heterocycles. The lowest BCUT2D eigenvalue weighted by Gasteiger charge is -2.33. The van der Waals surface area contributed by atoms with Gasteiger partial charge in [0.15, 0.2) is 0 Å². The summed E-state index contributed by atoms with van der Waals surface area (Å²) in [6.45, 7) is 3.62. The summed E-state index contributed by atoms with van der Waals surface area (Å²) in [4.78, 5) is 14.9. The Morgan fingerprint density at radius 1 is 1.04 bits per heavy atom. The molecule has 0 radical (unpaired) electrons. The largest absolute Gasteiger partial charge is 0.468 e. The molecular weight excluding hydrogens is 340 g/mol. The molecule has 4 rings (SSSR count). The highest BCUT2D eigenvalue weighted by Gasteiger charge is 2.25. The van der Waals surface area contributed by atoms with Gasteiger partial charge < -0.3 is 14.5 Å². The van der Waals surface area contributed by atoms with Crippen LogP contribution < -0.4 is 5.32 Å². The Hall–Kier alpha value is -2.63. The van der Waals surface area contributed by atoms with Gasteiger partial charge in [-0.1, -0.05) is 42.5 Å². The van der Waals surface area contributed by atoms with Crippen LogP contribution in [-0.2, 0) is 16.0 Å². The van der Waals surface area contributed by atoms with E-state index in [1.165, 1.54) is 0 Å². The molecule has 2 heterocycles. The molecule has 0 bridgehead atoms. The molecule has 5 heteroatoms. The standard InChI is InChI=1S/C22H24N2O3/c25-22(15-18-7-3-6-17-5-1-2-8-19(17)18)23-16-20(21-9-4-12-27-21)24-10-13-26-14-11-24/h1-9,12,20H,10-11,13-16H2,(H,23,25)/t20-/m1/s1. The van der Waals surface area contributed by atoms with Crippen molar-refractivity contribution in [1.82, 2.24) is 10.2 Å². The summed E-state index contributed by atoms with van der Waals surface area (Å²) in [5.74, 6) is 0.901. The minimum Gasteiger partial charge on any atom is -0.468 e. The second-order valence-corrected chi connectivity index (χ2v) is 6.80. The van der Waals surface area contributed by atoms with Crippen LogP contribution in [-0.4, -0.2) is 43.7 Å². The average Bonchev–Trinajstić information content (AvgIpc) is 3.24. The third kappa shape index (κ3) is 4.21. The van der Waals surface area contributed by atoms with Gasteiger partial charge in [0.1, 0.15) is 5.76 Å². The second-order valence-electron chi connectivity index (χ2n) is 6.80. The van der Waals surface area contributed by atoms with E-state index in [4.69, 9.17) is 9.15 Å². The Balaban J connectivity index is 1.43. The quantitative estimate of drug-likeness (QED) is 0.730. The van der Waals surface area contributed by atoms with Crippen molar-refractivity contribution in [2.75, 3.05) is 32.8 Å². The van der Waals surface area contributed by atoms with Crippen molar-refractivity contribution in [3.05, 3.63) is 72.2 Å². The third-order valence-electron chi connectivity index (χ3n) is 5.08. The average molecular weight is 364 g/mol. The molecule has 0 unspecified atom stereocenters. The molecule has 3 aromatic rings. The van der Waals surface area contributed by atoms with E-state index in [0.29, 0.717) is 26.2 Å². The van der Waals surface area contributed by atoms with Crippen molar-refractivity contribution in [3.8, 4) is 0 Å². The molecule has 1 amide bonds. The van der Waals surface area contributed by atoms with Crippen molar-refractivity contribution in [1.29, 1.82) is 0 Å². The first-order valence-corrected chi connectivity index (χ1v) is 9.40. The number of rotatable bonds is 6. The highest BCUT2D eigenvalue weighted by Crippen LogP contribution is 2.22. The summed E-state index contributed by atoms with van der Waals surface area (Å²) in [6.07, 6.45) is 2.05. The van der Waals surface area contributed by atoms with E-state index in [0.717, 1.165) is 35.2 Å². The van der Waals surface area contributed by atoms with Crippen molar-refractivity contribution < 1.29 is 13.9 Å². The highest BCUT2D eigenvalue weighted by molar-refractivity contribution is 5.90. The number of nitrogens with one attached hydrogen (secondary N) is 1. The maximum absolute atomic E-state index is 12.6. The molecular formula is C22H24N2O3. The maximum Gasteiger partial charge on any atom is 0.224 e. The molecule has 0 spiro atoms. The zero-order chi connectivity index (χ0) is 18.5. The summed E-state index contributed by atoms with van der Waals surface area (Å²) in [6, 6.07) is 18.1. The van der Waals surface area contributed by atoms with E-state index < -0.39 is 0 Å². The molecule has 27 heavy (non-hydrogen) atoms. The van der Waals surface area contributed by atoms with Gasteiger partial charge in [-0.3, -0.25) is 9.69 Å². The van der Waals surface area contributed by atoms with Crippen LogP contribution in [0.25, 0.3) is 10.8 Å². The van der Waals surface area contributed by atoms with E-state index in [2.05, 4.69) is 28.4 Å². The zero-order valence-electron chi connectivity index (χ0n) is 15.3. The van der Waals surface area contributed by atoms with Gasteiger partial charge in [0.2, 0.25) is 5.91 Å². The van der Waals surface area contributed by atoms with Crippen LogP contribution in [0, 0.1) is 0 Å². The summed E-state index contributed by atoms with van der Waals surface area (Å²) in [5, 5.41) is 5.39. The van der Waals surface area contributed by atoms with Crippen LogP contribution in [0.2, 0.25) is 0 Å². The van der Waals surface area contributed by atoms with E-state index in [-0.39, 0.29) is 11.9 Å². The van der Waals surface area contributed by atoms with Crippen LogP contribution in [0.4, 0.5) is 0 Å². The molecule has 1 N–H and O–H groups in total. The van der Waals surface area contributed by atoms with Gasteiger partial charge in [0, 0.05) is 19.6 Å². The van der Waals surface area contributed by atoms with Gasteiger partial charge in [0.05, 0.1) is 31.9 Å². The molecule has 140 valence electrons. The number of carbonyl (C=O) groups excluding carboxylic acids is 1. The smallest absolute Gasteiger partial charge is 0.224 e. The van der Waals surface area contributed by atoms with E-state index >= 15 is 0 Å². The third-order valence-corrected chi connectivity index (χ3v) is 5.08. The van der Waals surface area contributed by atoms with E-state index in [9.17, 15) is 4.79 Å². The van der Waals surface area contributed by atoms with Gasteiger partial charge >= 0.3 is 0 Å². The van der Waals surface area contributed by atoms with Crippen LogP contribution in [0.5, 0.6) is 0 Å². The second kappa shape index (κ2) is 8.37. The fourth-order valence-electron chi connectivity index (χ4n) is 3.67. The maximum atomic E-state index is 12.6. The molecule has 1 aliphatic rings. The number of morpholine rings is 1. The van der Waals surface area contributed by atoms with Crippen molar-refractivity contribution in [2.45, 2.75) is 12.5 Å². The molecule has 0 saturated carbocycles. The van der Waals surface area contributed by atoms with Gasteiger partial charge in [-0.25, -0.2) is 0 Å². The predicted molar refractivity (Wildman–Crippen MR) is 105 cm³/mol. The number of nitrogens with zero attached hydrogens (tertiary/aromatic N) is 1. The fourth-order valence-corrected chi connectivity index (χ4v) is 3.67. The van der Waals surface area contributed by atoms with E-state index in [1.54, 1.807) is 6.26 Å². The van der Waals surface area contributed by atoms with Gasteiger partial charge in [-0.05, 0) is 28.5 Å². The van der Waals surface area contributed by atoms with Crippen LogP contribution >= 0.6 is 0 Å². The van der Waals surface area contributed by atoms with Crippen LogP contribution in [0.15, 0.2) is 65.3 Å². The number of furan rings is 1. The zero-order valence-corrected chi connectivity index (χ0v) is 15.3. The highest BCUT2D eigenvalue weighted by atomic mass is 16.5. The normalized spacial score (nSPS) is 16.3. The number of fused-ring (bicyclic) bond motifs is 1. The lowest BCUT2D eigenvalue weighted by atomic mass is 10.0. The topological polar surface area (TPSA) is 54.7 Å². The predicted octanol–water partition coefficient (Wildman–Crippen LogP) is 3.17. The first-order valence-electron chi connectivity index (χ1n) is 9.40. The van der Waals surface area contributed by atoms with Crippen LogP contribution in [0.3, 0.4) is 0 Å². The first-order chi connectivity index (χ1) is 13.3. The summed E-state index contributed by atoms with van der Waals surface area (Å²) in [7, 11) is 0.